The number of aliphatic carboxylic acids is 1. The van der Waals surface area contributed by atoms with Gasteiger partial charge in [0.1, 0.15) is 0 Å². The smallest absolute Gasteiger partial charge is 0.317 e. The average molecular weight is 279 g/mol. The summed E-state index contributed by atoms with van der Waals surface area (Å²) in [5.41, 5.74) is 2.22. The average Bonchev–Trinajstić information content (AvgIpc) is 3.06. The second-order valence-electron chi connectivity index (χ2n) is 5.53. The fourth-order valence-electron chi connectivity index (χ4n) is 3.05. The van der Waals surface area contributed by atoms with Gasteiger partial charge in [-0.05, 0) is 32.3 Å². The van der Waals surface area contributed by atoms with Crippen LogP contribution in [0.5, 0.6) is 0 Å². The molecule has 2 rings (SSSR count). The number of hydrogen-bond donors (Lipinski definition) is 1. The Kier molecular flexibility index (Phi) is 5.17. The molecule has 1 aliphatic carbocycles. The van der Waals surface area contributed by atoms with Crippen molar-refractivity contribution in [3.05, 3.63) is 17.5 Å². The van der Waals surface area contributed by atoms with E-state index < -0.39 is 5.97 Å². The summed E-state index contributed by atoms with van der Waals surface area (Å²) in [6.45, 7) is 5.82. The zero-order chi connectivity index (χ0) is 14.5. The molecule has 5 nitrogen and oxygen atoms in total. The number of aryl methyl sites for hydroxylation is 2. The van der Waals surface area contributed by atoms with Gasteiger partial charge in [0.05, 0.1) is 17.9 Å². The predicted octanol–water partition coefficient (Wildman–Crippen LogP) is 2.29. The number of rotatable bonds is 7. The fourth-order valence-corrected chi connectivity index (χ4v) is 3.05. The molecule has 0 aromatic carbocycles. The van der Waals surface area contributed by atoms with Gasteiger partial charge in [0.15, 0.2) is 0 Å². The molecule has 1 N–H and O–H groups in total. The molecule has 0 spiro atoms. The quantitative estimate of drug-likeness (QED) is 0.832. The lowest BCUT2D eigenvalue weighted by Gasteiger charge is -2.27. The van der Waals surface area contributed by atoms with Gasteiger partial charge in [0, 0.05) is 19.1 Å². The monoisotopic (exact) mass is 279 g/mol. The molecule has 0 saturated heterocycles. The zero-order valence-corrected chi connectivity index (χ0v) is 12.5. The number of hydrogen-bond acceptors (Lipinski definition) is 3. The van der Waals surface area contributed by atoms with E-state index in [1.807, 2.05) is 4.68 Å². The van der Waals surface area contributed by atoms with E-state index in [0.717, 1.165) is 37.2 Å². The molecule has 0 unspecified atom stereocenters. The number of aromatic nitrogens is 2. The van der Waals surface area contributed by atoms with Crippen molar-refractivity contribution >= 4 is 5.97 Å². The largest absolute Gasteiger partial charge is 0.480 e. The molecule has 5 heteroatoms. The Labute approximate surface area is 120 Å². The van der Waals surface area contributed by atoms with Crippen molar-refractivity contribution in [1.82, 2.24) is 14.7 Å². The first kappa shape index (κ1) is 15.0. The van der Waals surface area contributed by atoms with Gasteiger partial charge in [-0.25, -0.2) is 0 Å². The van der Waals surface area contributed by atoms with Crippen LogP contribution in [0.4, 0.5) is 0 Å². The van der Waals surface area contributed by atoms with Gasteiger partial charge in [-0.1, -0.05) is 19.8 Å². The Morgan fingerprint density at radius 1 is 1.45 bits per heavy atom. The normalized spacial score (nSPS) is 16.1. The maximum absolute atomic E-state index is 11.1. The Bertz CT molecular complexity index is 450. The van der Waals surface area contributed by atoms with Crippen LogP contribution in [-0.4, -0.2) is 38.3 Å². The second-order valence-corrected chi connectivity index (χ2v) is 5.53. The minimum Gasteiger partial charge on any atom is -0.480 e. The Morgan fingerprint density at radius 3 is 2.70 bits per heavy atom. The third-order valence-electron chi connectivity index (χ3n) is 4.12. The molecule has 1 fully saturated rings. The molecule has 0 bridgehead atoms. The van der Waals surface area contributed by atoms with E-state index >= 15 is 0 Å². The van der Waals surface area contributed by atoms with Crippen molar-refractivity contribution < 1.29 is 9.90 Å². The van der Waals surface area contributed by atoms with Crippen molar-refractivity contribution in [2.75, 3.05) is 6.54 Å². The van der Waals surface area contributed by atoms with Crippen LogP contribution >= 0.6 is 0 Å². The van der Waals surface area contributed by atoms with Gasteiger partial charge >= 0.3 is 5.97 Å². The van der Waals surface area contributed by atoms with Crippen LogP contribution < -0.4 is 0 Å². The van der Waals surface area contributed by atoms with Gasteiger partial charge in [-0.3, -0.25) is 14.4 Å². The van der Waals surface area contributed by atoms with Crippen LogP contribution in [0.15, 0.2) is 6.07 Å². The lowest BCUT2D eigenvalue weighted by atomic mass is 10.2. The number of carboxylic acid groups (broad SMARTS) is 1. The molecule has 112 valence electrons. The van der Waals surface area contributed by atoms with Gasteiger partial charge in [0.25, 0.3) is 0 Å². The first-order chi connectivity index (χ1) is 9.63. The first-order valence-corrected chi connectivity index (χ1v) is 7.65. The lowest BCUT2D eigenvalue weighted by molar-refractivity contribution is -0.139. The topological polar surface area (TPSA) is 58.4 Å². The molecular weight excluding hydrogens is 254 g/mol. The third-order valence-corrected chi connectivity index (χ3v) is 4.12. The molecule has 1 aromatic rings. The molecule has 1 heterocycles. The van der Waals surface area contributed by atoms with Crippen LogP contribution in [0, 0.1) is 0 Å². The molecule has 1 aliphatic rings. The Balaban J connectivity index is 2.13. The summed E-state index contributed by atoms with van der Waals surface area (Å²) in [7, 11) is 0. The van der Waals surface area contributed by atoms with Crippen molar-refractivity contribution in [2.24, 2.45) is 0 Å². The standard InChI is InChI=1S/C15H25N3O2/c1-3-12-9-14(18(4-2)16-12)10-17(11-15(19)20)13-7-5-6-8-13/h9,13H,3-8,10-11H2,1-2H3,(H,19,20). The van der Waals surface area contributed by atoms with Crippen molar-refractivity contribution in [3.8, 4) is 0 Å². The van der Waals surface area contributed by atoms with Gasteiger partial charge in [0.2, 0.25) is 0 Å². The van der Waals surface area contributed by atoms with Crippen LogP contribution in [0.2, 0.25) is 0 Å². The summed E-state index contributed by atoms with van der Waals surface area (Å²) in [4.78, 5) is 13.2. The van der Waals surface area contributed by atoms with Crippen molar-refractivity contribution in [2.45, 2.75) is 65.1 Å². The molecular formula is C15H25N3O2. The number of carboxylic acids is 1. The SMILES string of the molecule is CCc1cc(CN(CC(=O)O)C2CCCC2)n(CC)n1. The van der Waals surface area contributed by atoms with Crippen molar-refractivity contribution in [1.29, 1.82) is 0 Å². The lowest BCUT2D eigenvalue weighted by Crippen LogP contribution is -2.37. The van der Waals surface area contributed by atoms with E-state index in [0.29, 0.717) is 12.6 Å². The minimum atomic E-state index is -0.741. The summed E-state index contributed by atoms with van der Waals surface area (Å²) in [6.07, 6.45) is 5.59. The minimum absolute atomic E-state index is 0.126. The van der Waals surface area contributed by atoms with Gasteiger partial charge in [-0.15, -0.1) is 0 Å². The van der Waals surface area contributed by atoms with Gasteiger partial charge in [-0.2, -0.15) is 5.10 Å². The maximum Gasteiger partial charge on any atom is 0.317 e. The van der Waals surface area contributed by atoms with E-state index in [1.165, 1.54) is 12.8 Å². The van der Waals surface area contributed by atoms with Crippen LogP contribution in [-0.2, 0) is 24.3 Å². The summed E-state index contributed by atoms with van der Waals surface area (Å²) < 4.78 is 2.00. The summed E-state index contributed by atoms with van der Waals surface area (Å²) >= 11 is 0. The van der Waals surface area contributed by atoms with E-state index in [9.17, 15) is 4.79 Å². The van der Waals surface area contributed by atoms with Crippen LogP contribution in [0.1, 0.15) is 50.9 Å². The maximum atomic E-state index is 11.1. The number of carbonyl (C=O) groups is 1. The highest BCUT2D eigenvalue weighted by Crippen LogP contribution is 2.25. The van der Waals surface area contributed by atoms with E-state index in [4.69, 9.17) is 5.11 Å². The van der Waals surface area contributed by atoms with Crippen LogP contribution in [0.25, 0.3) is 0 Å². The second kappa shape index (κ2) is 6.88. The first-order valence-electron chi connectivity index (χ1n) is 7.65. The molecule has 20 heavy (non-hydrogen) atoms. The summed E-state index contributed by atoms with van der Waals surface area (Å²) in [5, 5.41) is 13.7. The highest BCUT2D eigenvalue weighted by atomic mass is 16.4. The molecule has 0 radical (unpaired) electrons. The van der Waals surface area contributed by atoms with E-state index in [-0.39, 0.29) is 6.54 Å². The highest BCUT2D eigenvalue weighted by Gasteiger charge is 2.25. The Hall–Kier alpha value is -1.36. The zero-order valence-electron chi connectivity index (χ0n) is 12.5. The third kappa shape index (κ3) is 3.60. The summed E-state index contributed by atoms with van der Waals surface area (Å²) in [5.74, 6) is -0.741. The van der Waals surface area contributed by atoms with Crippen LogP contribution in [0.3, 0.4) is 0 Å². The number of nitrogens with zero attached hydrogens (tertiary/aromatic N) is 3. The predicted molar refractivity (Wildman–Crippen MR) is 77.6 cm³/mol. The molecule has 0 aliphatic heterocycles. The van der Waals surface area contributed by atoms with E-state index in [2.05, 4.69) is 29.9 Å². The van der Waals surface area contributed by atoms with Crippen molar-refractivity contribution in [3.63, 3.8) is 0 Å². The Morgan fingerprint density at radius 2 is 2.15 bits per heavy atom. The van der Waals surface area contributed by atoms with Gasteiger partial charge < -0.3 is 5.11 Å². The molecule has 1 saturated carbocycles. The molecule has 0 atom stereocenters. The molecule has 1 aromatic heterocycles. The highest BCUT2D eigenvalue weighted by molar-refractivity contribution is 5.69. The summed E-state index contributed by atoms with van der Waals surface area (Å²) in [6, 6.07) is 2.53. The van der Waals surface area contributed by atoms with E-state index in [1.54, 1.807) is 0 Å². The fraction of sp³-hybridized carbons (Fsp3) is 0.733. The molecule has 0 amide bonds.